The molecule has 9 heteroatoms. The number of carbonyl (C=O) groups excluding carboxylic acids is 1. The van der Waals surface area contributed by atoms with Crippen molar-refractivity contribution >= 4 is 16.8 Å². The van der Waals surface area contributed by atoms with Crippen molar-refractivity contribution in [3.63, 3.8) is 0 Å². The zero-order chi connectivity index (χ0) is 18.0. The molecule has 1 amide bonds. The Kier molecular flexibility index (Phi) is 4.32. The highest BCUT2D eigenvalue weighted by molar-refractivity contribution is 5.97. The van der Waals surface area contributed by atoms with Crippen LogP contribution in [0.2, 0.25) is 0 Å². The van der Waals surface area contributed by atoms with Crippen molar-refractivity contribution in [2.75, 3.05) is 0 Å². The number of rotatable bonds is 4. The maximum absolute atomic E-state index is 12.2. The first kappa shape index (κ1) is 16.8. The molecule has 0 aliphatic carbocycles. The van der Waals surface area contributed by atoms with Crippen molar-refractivity contribution < 1.29 is 27.9 Å². The lowest BCUT2D eigenvalue weighted by molar-refractivity contribution is -0.274. The van der Waals surface area contributed by atoms with E-state index in [-0.39, 0.29) is 11.3 Å². The van der Waals surface area contributed by atoms with Crippen LogP contribution in [0.3, 0.4) is 0 Å². The molecule has 0 saturated carbocycles. The quantitative estimate of drug-likeness (QED) is 0.559. The molecule has 0 unspecified atom stereocenters. The first-order valence-corrected chi connectivity index (χ1v) is 7.10. The van der Waals surface area contributed by atoms with Crippen molar-refractivity contribution in [3.8, 4) is 5.75 Å². The normalized spacial score (nSPS) is 11.5. The highest BCUT2D eigenvalue weighted by Gasteiger charge is 2.30. The fourth-order valence-electron chi connectivity index (χ4n) is 2.37. The summed E-state index contributed by atoms with van der Waals surface area (Å²) in [6.07, 6.45) is -3.12. The molecule has 0 spiro atoms. The second-order valence-corrected chi connectivity index (χ2v) is 5.21. The number of ether oxygens (including phenoxy) is 1. The fourth-order valence-corrected chi connectivity index (χ4v) is 2.37. The Morgan fingerprint density at radius 2 is 1.92 bits per heavy atom. The molecular weight excluding hydrogens is 339 g/mol. The molecule has 0 bridgehead atoms. The van der Waals surface area contributed by atoms with Gasteiger partial charge in [-0.1, -0.05) is 18.2 Å². The van der Waals surface area contributed by atoms with E-state index in [1.807, 2.05) is 0 Å². The van der Waals surface area contributed by atoms with Crippen molar-refractivity contribution in [3.05, 3.63) is 59.8 Å². The van der Waals surface area contributed by atoms with E-state index < -0.39 is 12.3 Å². The second kappa shape index (κ2) is 6.44. The summed E-state index contributed by atoms with van der Waals surface area (Å²) in [6, 6.07) is 10.2. The molecule has 0 aliphatic heterocycles. The molecule has 0 aliphatic rings. The highest BCUT2D eigenvalue weighted by Crippen LogP contribution is 2.23. The van der Waals surface area contributed by atoms with Gasteiger partial charge < -0.3 is 4.74 Å². The highest BCUT2D eigenvalue weighted by atomic mass is 19.4. The Bertz CT molecular complexity index is 904. The average molecular weight is 351 g/mol. The van der Waals surface area contributed by atoms with Gasteiger partial charge in [0.25, 0.3) is 5.91 Å². The van der Waals surface area contributed by atoms with Crippen LogP contribution in [0.25, 0.3) is 10.9 Å². The van der Waals surface area contributed by atoms with E-state index >= 15 is 0 Å². The van der Waals surface area contributed by atoms with Gasteiger partial charge in [0.05, 0.1) is 18.3 Å². The van der Waals surface area contributed by atoms with E-state index in [0.29, 0.717) is 17.6 Å². The molecule has 0 radical (unpaired) electrons. The molecule has 6 nitrogen and oxygen atoms in total. The molecule has 2 aromatic carbocycles. The largest absolute Gasteiger partial charge is 0.573 e. The molecular formula is C16H12F3N3O3. The van der Waals surface area contributed by atoms with Gasteiger partial charge in [-0.05, 0) is 29.8 Å². The Morgan fingerprint density at radius 1 is 1.20 bits per heavy atom. The van der Waals surface area contributed by atoms with E-state index in [1.165, 1.54) is 24.3 Å². The monoisotopic (exact) mass is 351 g/mol. The zero-order valence-electron chi connectivity index (χ0n) is 12.6. The van der Waals surface area contributed by atoms with Crippen LogP contribution in [0.5, 0.6) is 5.75 Å². The van der Waals surface area contributed by atoms with Crippen molar-refractivity contribution in [2.24, 2.45) is 0 Å². The number of carbonyl (C=O) groups is 1. The number of benzene rings is 2. The number of amides is 1. The first-order valence-electron chi connectivity index (χ1n) is 7.10. The van der Waals surface area contributed by atoms with Crippen molar-refractivity contribution in [2.45, 2.75) is 12.9 Å². The Morgan fingerprint density at radius 3 is 2.56 bits per heavy atom. The molecule has 3 aromatic rings. The number of fused-ring (bicyclic) bond motifs is 1. The average Bonchev–Trinajstić information content (AvgIpc) is 2.97. The van der Waals surface area contributed by atoms with Gasteiger partial charge in [0.2, 0.25) is 0 Å². The summed E-state index contributed by atoms with van der Waals surface area (Å²) in [5.74, 6) is -0.952. The van der Waals surface area contributed by atoms with Gasteiger partial charge >= 0.3 is 6.36 Å². The number of nitrogens with zero attached hydrogens (tertiary/aromatic N) is 2. The molecule has 1 aromatic heterocycles. The summed E-state index contributed by atoms with van der Waals surface area (Å²) in [7, 11) is 0. The molecule has 25 heavy (non-hydrogen) atoms. The number of hydrogen-bond donors (Lipinski definition) is 2. The van der Waals surface area contributed by atoms with Crippen LogP contribution in [0.15, 0.2) is 48.7 Å². The van der Waals surface area contributed by atoms with Gasteiger partial charge in [-0.3, -0.25) is 14.7 Å². The number of aromatic nitrogens is 2. The smallest absolute Gasteiger partial charge is 0.406 e. The van der Waals surface area contributed by atoms with Gasteiger partial charge in [-0.2, -0.15) is 5.10 Å². The summed E-state index contributed by atoms with van der Waals surface area (Å²) < 4.78 is 41.9. The van der Waals surface area contributed by atoms with Crippen LogP contribution in [0.1, 0.15) is 15.9 Å². The van der Waals surface area contributed by atoms with Crippen LogP contribution in [0, 0.1) is 0 Å². The van der Waals surface area contributed by atoms with E-state index in [9.17, 15) is 18.0 Å². The van der Waals surface area contributed by atoms with Crippen LogP contribution >= 0.6 is 0 Å². The predicted molar refractivity (Wildman–Crippen MR) is 81.2 cm³/mol. The topological polar surface area (TPSA) is 76.4 Å². The number of hydrogen-bond acceptors (Lipinski definition) is 4. The summed E-state index contributed by atoms with van der Waals surface area (Å²) in [5, 5.41) is 13.7. The minimum Gasteiger partial charge on any atom is -0.406 e. The van der Waals surface area contributed by atoms with Crippen molar-refractivity contribution in [1.29, 1.82) is 0 Å². The van der Waals surface area contributed by atoms with Gasteiger partial charge in [-0.15, -0.1) is 13.2 Å². The number of hydroxylamine groups is 1. The molecule has 130 valence electrons. The molecule has 0 fully saturated rings. The lowest BCUT2D eigenvalue weighted by Gasteiger charge is -2.10. The van der Waals surface area contributed by atoms with Gasteiger partial charge in [0, 0.05) is 10.9 Å². The standard InChI is InChI=1S/C16H12F3N3O3/c17-16(18,19)25-13-5-1-10(2-6-13)9-22-14-7-11(15(23)21-24)3-4-12(14)8-20-22/h1-8,24H,9H2,(H,21,23). The number of nitrogens with one attached hydrogen (secondary N) is 1. The molecule has 2 N–H and O–H groups in total. The van der Waals surface area contributed by atoms with Gasteiger partial charge in [0.15, 0.2) is 0 Å². The SMILES string of the molecule is O=C(NO)c1ccc2cnn(Cc3ccc(OC(F)(F)F)cc3)c2c1. The Labute approximate surface area is 139 Å². The van der Waals surface area contributed by atoms with Gasteiger partial charge in [0.1, 0.15) is 5.75 Å². The lowest BCUT2D eigenvalue weighted by atomic mass is 10.1. The Hall–Kier alpha value is -3.07. The van der Waals surface area contributed by atoms with E-state index in [1.54, 1.807) is 34.6 Å². The summed E-state index contributed by atoms with van der Waals surface area (Å²) in [4.78, 5) is 11.5. The second-order valence-electron chi connectivity index (χ2n) is 5.21. The molecule has 0 saturated heterocycles. The summed E-state index contributed by atoms with van der Waals surface area (Å²) >= 11 is 0. The molecule has 1 heterocycles. The number of halogens is 3. The van der Waals surface area contributed by atoms with Crippen molar-refractivity contribution in [1.82, 2.24) is 15.3 Å². The van der Waals surface area contributed by atoms with E-state index in [2.05, 4.69) is 9.84 Å². The maximum atomic E-state index is 12.2. The van der Waals surface area contributed by atoms with Crippen LogP contribution in [-0.4, -0.2) is 27.3 Å². The van der Waals surface area contributed by atoms with Gasteiger partial charge in [-0.25, -0.2) is 5.48 Å². The summed E-state index contributed by atoms with van der Waals surface area (Å²) in [5.41, 5.74) is 3.17. The first-order chi connectivity index (χ1) is 11.9. The van der Waals surface area contributed by atoms with Crippen LogP contribution in [0.4, 0.5) is 13.2 Å². The van der Waals surface area contributed by atoms with E-state index in [4.69, 9.17) is 5.21 Å². The predicted octanol–water partition coefficient (Wildman–Crippen LogP) is 3.10. The third-order valence-electron chi connectivity index (χ3n) is 3.50. The third-order valence-corrected chi connectivity index (χ3v) is 3.50. The lowest BCUT2D eigenvalue weighted by Crippen LogP contribution is -2.18. The maximum Gasteiger partial charge on any atom is 0.573 e. The third kappa shape index (κ3) is 3.89. The number of alkyl halides is 3. The van der Waals surface area contributed by atoms with E-state index in [0.717, 1.165) is 5.39 Å². The zero-order valence-corrected chi connectivity index (χ0v) is 12.6. The molecule has 3 rings (SSSR count). The molecule has 0 atom stereocenters. The minimum absolute atomic E-state index is 0.255. The van der Waals surface area contributed by atoms with Crippen LogP contribution < -0.4 is 10.2 Å². The minimum atomic E-state index is -4.73. The Balaban J connectivity index is 1.84. The summed E-state index contributed by atoms with van der Waals surface area (Å²) in [6.45, 7) is 0.292. The van der Waals surface area contributed by atoms with Crippen LogP contribution in [-0.2, 0) is 6.54 Å². The fraction of sp³-hybridized carbons (Fsp3) is 0.125.